The Morgan fingerprint density at radius 1 is 1.59 bits per heavy atom. The molecule has 4 nitrogen and oxygen atoms in total. The van der Waals surface area contributed by atoms with Crippen LogP contribution in [-0.2, 0) is 11.3 Å². The molecule has 1 fully saturated rings. The summed E-state index contributed by atoms with van der Waals surface area (Å²) in [5.41, 5.74) is 7.34. The van der Waals surface area contributed by atoms with Crippen LogP contribution in [0.5, 0.6) is 0 Å². The van der Waals surface area contributed by atoms with Gasteiger partial charge in [-0.25, -0.2) is 4.98 Å². The molecule has 4 heteroatoms. The van der Waals surface area contributed by atoms with Crippen LogP contribution < -0.4 is 5.73 Å². The van der Waals surface area contributed by atoms with Crippen LogP contribution in [-0.4, -0.2) is 22.3 Å². The number of ether oxygens (including phenoxy) is 1. The van der Waals surface area contributed by atoms with Crippen molar-refractivity contribution in [2.24, 2.45) is 17.6 Å². The summed E-state index contributed by atoms with van der Waals surface area (Å²) in [5, 5.41) is 0. The van der Waals surface area contributed by atoms with E-state index in [9.17, 15) is 0 Å². The molecular formula is C13H23N3O. The number of rotatable bonds is 4. The maximum absolute atomic E-state index is 6.20. The molecule has 0 aliphatic carbocycles. The van der Waals surface area contributed by atoms with Crippen molar-refractivity contribution in [3.8, 4) is 0 Å². The third-order valence-corrected chi connectivity index (χ3v) is 3.77. The fourth-order valence-corrected chi connectivity index (χ4v) is 2.37. The summed E-state index contributed by atoms with van der Waals surface area (Å²) in [6.45, 7) is 8.28. The topological polar surface area (TPSA) is 53.1 Å². The third kappa shape index (κ3) is 2.69. The third-order valence-electron chi connectivity index (χ3n) is 3.77. The maximum Gasteiger partial charge on any atom is 0.0948 e. The molecule has 3 unspecified atom stereocenters. The summed E-state index contributed by atoms with van der Waals surface area (Å²) in [4.78, 5) is 4.23. The van der Waals surface area contributed by atoms with Gasteiger partial charge in [-0.05, 0) is 19.3 Å². The minimum atomic E-state index is 0.0649. The highest BCUT2D eigenvalue weighted by molar-refractivity contribution is 5.05. The quantitative estimate of drug-likeness (QED) is 0.871. The van der Waals surface area contributed by atoms with E-state index in [1.807, 2.05) is 12.5 Å². The molecule has 0 spiro atoms. The SMILES string of the molecule is CC(C)C(N)c1cncn1CC1CCOC1C. The summed E-state index contributed by atoms with van der Waals surface area (Å²) in [5.74, 6) is 1.02. The van der Waals surface area contributed by atoms with Crippen molar-refractivity contribution in [3.05, 3.63) is 18.2 Å². The van der Waals surface area contributed by atoms with E-state index in [4.69, 9.17) is 10.5 Å². The van der Waals surface area contributed by atoms with Gasteiger partial charge >= 0.3 is 0 Å². The van der Waals surface area contributed by atoms with Gasteiger partial charge in [0, 0.05) is 31.3 Å². The Kier molecular flexibility index (Phi) is 3.84. The molecule has 0 radical (unpaired) electrons. The van der Waals surface area contributed by atoms with E-state index < -0.39 is 0 Å². The van der Waals surface area contributed by atoms with Gasteiger partial charge in [-0.2, -0.15) is 0 Å². The van der Waals surface area contributed by atoms with E-state index in [-0.39, 0.29) is 6.04 Å². The molecule has 0 aromatic carbocycles. The van der Waals surface area contributed by atoms with Crippen LogP contribution in [0.4, 0.5) is 0 Å². The smallest absolute Gasteiger partial charge is 0.0948 e. The van der Waals surface area contributed by atoms with E-state index >= 15 is 0 Å². The van der Waals surface area contributed by atoms with Crippen molar-refractivity contribution in [3.63, 3.8) is 0 Å². The predicted octanol–water partition coefficient (Wildman–Crippen LogP) is 1.96. The van der Waals surface area contributed by atoms with Crippen LogP contribution in [0.1, 0.15) is 38.9 Å². The highest BCUT2D eigenvalue weighted by Gasteiger charge is 2.26. The zero-order valence-corrected chi connectivity index (χ0v) is 11.0. The Morgan fingerprint density at radius 3 is 2.94 bits per heavy atom. The lowest BCUT2D eigenvalue weighted by atomic mass is 10.0. The molecule has 0 amide bonds. The van der Waals surface area contributed by atoms with Crippen molar-refractivity contribution in [2.45, 2.75) is 45.9 Å². The molecule has 17 heavy (non-hydrogen) atoms. The van der Waals surface area contributed by atoms with Gasteiger partial charge in [0.25, 0.3) is 0 Å². The molecule has 0 saturated carbocycles. The van der Waals surface area contributed by atoms with Crippen molar-refractivity contribution < 1.29 is 4.74 Å². The summed E-state index contributed by atoms with van der Waals surface area (Å²) in [7, 11) is 0. The lowest BCUT2D eigenvalue weighted by molar-refractivity contribution is 0.101. The number of hydrogen-bond acceptors (Lipinski definition) is 3. The first-order chi connectivity index (χ1) is 8.09. The van der Waals surface area contributed by atoms with Crippen LogP contribution >= 0.6 is 0 Å². The van der Waals surface area contributed by atoms with Gasteiger partial charge in [0.2, 0.25) is 0 Å². The van der Waals surface area contributed by atoms with Gasteiger partial charge in [-0.3, -0.25) is 0 Å². The summed E-state index contributed by atoms with van der Waals surface area (Å²) < 4.78 is 7.79. The molecule has 96 valence electrons. The number of aromatic nitrogens is 2. The standard InChI is InChI=1S/C13H23N3O/c1-9(2)13(14)12-6-15-8-16(12)7-11-4-5-17-10(11)3/h6,8-11,13H,4-5,7,14H2,1-3H3. The van der Waals surface area contributed by atoms with Crippen LogP contribution in [0.15, 0.2) is 12.5 Å². The first-order valence-electron chi connectivity index (χ1n) is 6.46. The second kappa shape index (κ2) is 5.19. The Balaban J connectivity index is 2.08. The van der Waals surface area contributed by atoms with Crippen LogP contribution in [0.3, 0.4) is 0 Å². The average Bonchev–Trinajstić information content (AvgIpc) is 2.88. The second-order valence-electron chi connectivity index (χ2n) is 5.37. The Labute approximate surface area is 103 Å². The maximum atomic E-state index is 6.20. The molecule has 1 saturated heterocycles. The van der Waals surface area contributed by atoms with Crippen LogP contribution in [0, 0.1) is 11.8 Å². The van der Waals surface area contributed by atoms with Crippen molar-refractivity contribution >= 4 is 0 Å². The first-order valence-corrected chi connectivity index (χ1v) is 6.46. The van der Waals surface area contributed by atoms with Gasteiger partial charge in [0.1, 0.15) is 0 Å². The number of nitrogens with two attached hydrogens (primary N) is 1. The van der Waals surface area contributed by atoms with Gasteiger partial charge in [-0.15, -0.1) is 0 Å². The van der Waals surface area contributed by atoms with Crippen molar-refractivity contribution in [1.29, 1.82) is 0 Å². The second-order valence-corrected chi connectivity index (χ2v) is 5.37. The summed E-state index contributed by atoms with van der Waals surface area (Å²) >= 11 is 0. The summed E-state index contributed by atoms with van der Waals surface area (Å²) in [6, 6.07) is 0.0649. The Morgan fingerprint density at radius 2 is 2.35 bits per heavy atom. The largest absolute Gasteiger partial charge is 0.378 e. The highest BCUT2D eigenvalue weighted by atomic mass is 16.5. The van der Waals surface area contributed by atoms with Gasteiger partial charge in [0.15, 0.2) is 0 Å². The zero-order chi connectivity index (χ0) is 12.4. The molecule has 2 heterocycles. The zero-order valence-electron chi connectivity index (χ0n) is 11.0. The molecule has 3 atom stereocenters. The first kappa shape index (κ1) is 12.6. The number of nitrogens with zero attached hydrogens (tertiary/aromatic N) is 2. The molecule has 0 bridgehead atoms. The molecule has 1 aromatic rings. The van der Waals surface area contributed by atoms with Gasteiger partial charge < -0.3 is 15.0 Å². The van der Waals surface area contributed by atoms with Crippen molar-refractivity contribution in [2.75, 3.05) is 6.61 Å². The van der Waals surface area contributed by atoms with Crippen LogP contribution in [0.25, 0.3) is 0 Å². The number of imidazole rings is 1. The Hall–Kier alpha value is -0.870. The lowest BCUT2D eigenvalue weighted by Crippen LogP contribution is -2.24. The normalized spacial score (nSPS) is 26.6. The van der Waals surface area contributed by atoms with E-state index in [0.29, 0.717) is 17.9 Å². The molecule has 2 rings (SSSR count). The molecule has 2 N–H and O–H groups in total. The van der Waals surface area contributed by atoms with E-state index in [1.165, 1.54) is 0 Å². The van der Waals surface area contributed by atoms with E-state index in [2.05, 4.69) is 30.3 Å². The van der Waals surface area contributed by atoms with Crippen LogP contribution in [0.2, 0.25) is 0 Å². The molecular weight excluding hydrogens is 214 g/mol. The average molecular weight is 237 g/mol. The fourth-order valence-electron chi connectivity index (χ4n) is 2.37. The predicted molar refractivity (Wildman–Crippen MR) is 67.5 cm³/mol. The van der Waals surface area contributed by atoms with Gasteiger partial charge in [0.05, 0.1) is 18.1 Å². The molecule has 1 aliphatic rings. The lowest BCUT2D eigenvalue weighted by Gasteiger charge is -2.21. The number of hydrogen-bond donors (Lipinski definition) is 1. The van der Waals surface area contributed by atoms with E-state index in [0.717, 1.165) is 25.3 Å². The van der Waals surface area contributed by atoms with Gasteiger partial charge in [-0.1, -0.05) is 13.8 Å². The summed E-state index contributed by atoms with van der Waals surface area (Å²) in [6.07, 6.45) is 5.27. The highest BCUT2D eigenvalue weighted by Crippen LogP contribution is 2.25. The molecule has 1 aliphatic heterocycles. The van der Waals surface area contributed by atoms with E-state index in [1.54, 1.807) is 0 Å². The minimum absolute atomic E-state index is 0.0649. The Bertz CT molecular complexity index is 361. The molecule has 1 aromatic heterocycles. The monoisotopic (exact) mass is 237 g/mol. The fraction of sp³-hybridized carbons (Fsp3) is 0.769. The minimum Gasteiger partial charge on any atom is -0.378 e. The van der Waals surface area contributed by atoms with Crippen molar-refractivity contribution in [1.82, 2.24) is 9.55 Å².